The van der Waals surface area contributed by atoms with Gasteiger partial charge in [-0.3, -0.25) is 4.79 Å². The summed E-state index contributed by atoms with van der Waals surface area (Å²) >= 11 is 3.16. The Balaban J connectivity index is 2.25. The molecule has 0 heterocycles. The molecule has 1 aromatic rings. The van der Waals surface area contributed by atoms with Crippen molar-refractivity contribution in [3.63, 3.8) is 0 Å². The maximum Gasteiger partial charge on any atom is 0.255 e. The van der Waals surface area contributed by atoms with Crippen LogP contribution < -0.4 is 0 Å². The fourth-order valence-corrected chi connectivity index (χ4v) is 3.04. The zero-order chi connectivity index (χ0) is 13.1. The van der Waals surface area contributed by atoms with Crippen molar-refractivity contribution in [3.8, 4) is 0 Å². The second-order valence-electron chi connectivity index (χ2n) is 4.63. The Hall–Kier alpha value is -0.900. The highest BCUT2D eigenvalue weighted by Gasteiger charge is 2.27. The molecule has 0 aromatic heterocycles. The first-order valence-corrected chi connectivity index (χ1v) is 7.19. The minimum absolute atomic E-state index is 0.0734. The van der Waals surface area contributed by atoms with Crippen LogP contribution in [0.1, 0.15) is 43.0 Å². The zero-order valence-corrected chi connectivity index (χ0v) is 12.0. The van der Waals surface area contributed by atoms with Crippen LogP contribution in [-0.2, 0) is 0 Å². The van der Waals surface area contributed by atoms with Crippen LogP contribution in [-0.4, -0.2) is 23.4 Å². The van der Waals surface area contributed by atoms with Gasteiger partial charge in [-0.2, -0.15) is 0 Å². The molecule has 2 nitrogen and oxygen atoms in total. The van der Waals surface area contributed by atoms with E-state index in [0.717, 1.165) is 12.8 Å². The Kier molecular flexibility index (Phi) is 4.38. The molecular formula is C14H17BrFNO. The van der Waals surface area contributed by atoms with Crippen LogP contribution in [0, 0.1) is 5.82 Å². The molecule has 0 unspecified atom stereocenters. The Morgan fingerprint density at radius 2 is 2.11 bits per heavy atom. The van der Waals surface area contributed by atoms with Crippen LogP contribution in [0.5, 0.6) is 0 Å². The van der Waals surface area contributed by atoms with E-state index in [1.165, 1.54) is 18.9 Å². The molecule has 0 N–H and O–H groups in total. The number of rotatable bonds is 3. The summed E-state index contributed by atoms with van der Waals surface area (Å²) < 4.78 is 13.7. The summed E-state index contributed by atoms with van der Waals surface area (Å²) in [5.41, 5.74) is 0.420. The van der Waals surface area contributed by atoms with Crippen molar-refractivity contribution < 1.29 is 9.18 Å². The number of nitrogens with zero attached hydrogens (tertiary/aromatic N) is 1. The van der Waals surface area contributed by atoms with Gasteiger partial charge in [0.25, 0.3) is 5.91 Å². The predicted molar refractivity (Wildman–Crippen MR) is 73.1 cm³/mol. The zero-order valence-electron chi connectivity index (χ0n) is 10.5. The van der Waals surface area contributed by atoms with Crippen molar-refractivity contribution in [1.29, 1.82) is 0 Å². The van der Waals surface area contributed by atoms with Crippen molar-refractivity contribution in [2.24, 2.45) is 0 Å². The van der Waals surface area contributed by atoms with Crippen LogP contribution in [0.3, 0.4) is 0 Å². The van der Waals surface area contributed by atoms with Crippen molar-refractivity contribution in [1.82, 2.24) is 4.90 Å². The van der Waals surface area contributed by atoms with Gasteiger partial charge in [0.2, 0.25) is 0 Å². The highest BCUT2D eigenvalue weighted by atomic mass is 79.9. The number of hydrogen-bond donors (Lipinski definition) is 0. The molecule has 1 amide bonds. The first-order valence-electron chi connectivity index (χ1n) is 6.40. The summed E-state index contributed by atoms with van der Waals surface area (Å²) in [6.07, 6.45) is 4.48. The molecule has 98 valence electrons. The Morgan fingerprint density at radius 3 is 2.72 bits per heavy atom. The van der Waals surface area contributed by atoms with E-state index in [2.05, 4.69) is 15.9 Å². The van der Waals surface area contributed by atoms with Gasteiger partial charge in [-0.25, -0.2) is 4.39 Å². The molecule has 1 aliphatic carbocycles. The molecular weight excluding hydrogens is 297 g/mol. The molecule has 4 heteroatoms. The first kappa shape index (κ1) is 13.5. The van der Waals surface area contributed by atoms with E-state index in [4.69, 9.17) is 0 Å². The van der Waals surface area contributed by atoms with Gasteiger partial charge < -0.3 is 4.90 Å². The quantitative estimate of drug-likeness (QED) is 0.826. The Labute approximate surface area is 115 Å². The molecule has 0 spiro atoms. The van der Waals surface area contributed by atoms with Crippen molar-refractivity contribution in [3.05, 3.63) is 34.1 Å². The van der Waals surface area contributed by atoms with Gasteiger partial charge in [-0.1, -0.05) is 18.9 Å². The second-order valence-corrected chi connectivity index (χ2v) is 5.42. The third-order valence-electron chi connectivity index (χ3n) is 3.55. The van der Waals surface area contributed by atoms with Crippen molar-refractivity contribution in [2.75, 3.05) is 6.54 Å². The van der Waals surface area contributed by atoms with Gasteiger partial charge in [0.15, 0.2) is 0 Å². The summed E-state index contributed by atoms with van der Waals surface area (Å²) in [5.74, 6) is -0.459. The minimum atomic E-state index is -0.386. The van der Waals surface area contributed by atoms with Crippen LogP contribution in [0.25, 0.3) is 0 Å². The SMILES string of the molecule is CCN(C(=O)c1cccc(F)c1Br)C1CCCC1. The van der Waals surface area contributed by atoms with Gasteiger partial charge >= 0.3 is 0 Å². The lowest BCUT2D eigenvalue weighted by molar-refractivity contribution is 0.0692. The van der Waals surface area contributed by atoms with E-state index < -0.39 is 0 Å². The van der Waals surface area contributed by atoms with E-state index in [0.29, 0.717) is 18.2 Å². The van der Waals surface area contributed by atoms with E-state index in [9.17, 15) is 9.18 Å². The molecule has 0 bridgehead atoms. The average Bonchev–Trinajstić information content (AvgIpc) is 2.87. The average molecular weight is 314 g/mol. The fourth-order valence-electron chi connectivity index (χ4n) is 2.61. The lowest BCUT2D eigenvalue weighted by atomic mass is 10.1. The molecule has 0 saturated heterocycles. The molecule has 1 saturated carbocycles. The maximum atomic E-state index is 13.5. The van der Waals surface area contributed by atoms with Crippen LogP contribution >= 0.6 is 15.9 Å². The van der Waals surface area contributed by atoms with Gasteiger partial charge in [0, 0.05) is 12.6 Å². The molecule has 0 atom stereocenters. The number of hydrogen-bond acceptors (Lipinski definition) is 1. The number of halogens is 2. The summed E-state index contributed by atoms with van der Waals surface area (Å²) in [6, 6.07) is 4.92. The normalized spacial score (nSPS) is 15.9. The fraction of sp³-hybridized carbons (Fsp3) is 0.500. The summed E-state index contributed by atoms with van der Waals surface area (Å²) in [4.78, 5) is 14.3. The van der Waals surface area contributed by atoms with Crippen LogP contribution in [0.2, 0.25) is 0 Å². The number of benzene rings is 1. The monoisotopic (exact) mass is 313 g/mol. The summed E-state index contributed by atoms with van der Waals surface area (Å²) in [5, 5.41) is 0. The Bertz CT molecular complexity index is 443. The molecule has 18 heavy (non-hydrogen) atoms. The number of carbonyl (C=O) groups is 1. The predicted octanol–water partition coefficient (Wildman–Crippen LogP) is 3.99. The molecule has 1 fully saturated rings. The lowest BCUT2D eigenvalue weighted by Gasteiger charge is -2.28. The van der Waals surface area contributed by atoms with Gasteiger partial charge in [0.05, 0.1) is 10.0 Å². The topological polar surface area (TPSA) is 20.3 Å². The van der Waals surface area contributed by atoms with Crippen molar-refractivity contribution in [2.45, 2.75) is 38.6 Å². The second kappa shape index (κ2) is 5.83. The summed E-state index contributed by atoms with van der Waals surface area (Å²) in [7, 11) is 0. The molecule has 1 aliphatic rings. The smallest absolute Gasteiger partial charge is 0.255 e. The maximum absolute atomic E-state index is 13.5. The third-order valence-corrected chi connectivity index (χ3v) is 4.35. The minimum Gasteiger partial charge on any atom is -0.336 e. The first-order chi connectivity index (χ1) is 8.65. The summed E-state index contributed by atoms with van der Waals surface area (Å²) in [6.45, 7) is 2.65. The van der Waals surface area contributed by atoms with Crippen molar-refractivity contribution >= 4 is 21.8 Å². The van der Waals surface area contributed by atoms with Crippen LogP contribution in [0.4, 0.5) is 4.39 Å². The molecule has 0 radical (unpaired) electrons. The lowest BCUT2D eigenvalue weighted by Crippen LogP contribution is -2.38. The van der Waals surface area contributed by atoms with E-state index >= 15 is 0 Å². The highest BCUT2D eigenvalue weighted by Crippen LogP contribution is 2.27. The largest absolute Gasteiger partial charge is 0.336 e. The van der Waals surface area contributed by atoms with Gasteiger partial charge in [0.1, 0.15) is 5.82 Å². The molecule has 2 rings (SSSR count). The van der Waals surface area contributed by atoms with E-state index in [1.807, 2.05) is 11.8 Å². The highest BCUT2D eigenvalue weighted by molar-refractivity contribution is 9.10. The number of amides is 1. The standard InChI is InChI=1S/C14H17BrFNO/c1-2-17(10-6-3-4-7-10)14(18)11-8-5-9-12(16)13(11)15/h5,8-10H,2-4,6-7H2,1H3. The number of carbonyl (C=O) groups excluding carboxylic acids is 1. The van der Waals surface area contributed by atoms with Gasteiger partial charge in [-0.05, 0) is 47.8 Å². The molecule has 0 aliphatic heterocycles. The van der Waals surface area contributed by atoms with E-state index in [1.54, 1.807) is 12.1 Å². The van der Waals surface area contributed by atoms with E-state index in [-0.39, 0.29) is 16.2 Å². The van der Waals surface area contributed by atoms with Gasteiger partial charge in [-0.15, -0.1) is 0 Å². The Morgan fingerprint density at radius 1 is 1.44 bits per heavy atom. The van der Waals surface area contributed by atoms with Crippen LogP contribution in [0.15, 0.2) is 22.7 Å². The molecule has 1 aromatic carbocycles. The third kappa shape index (κ3) is 2.58.